The fourth-order valence-electron chi connectivity index (χ4n) is 5.07. The van der Waals surface area contributed by atoms with Crippen molar-refractivity contribution in [3.8, 4) is 0 Å². The van der Waals surface area contributed by atoms with Gasteiger partial charge in [0.05, 0.1) is 35.9 Å². The van der Waals surface area contributed by atoms with Gasteiger partial charge in [-0.15, -0.1) is 0 Å². The minimum atomic E-state index is -1.03. The number of ether oxygens (including phenoxy) is 2. The zero-order valence-corrected chi connectivity index (χ0v) is 34.4. The summed E-state index contributed by atoms with van der Waals surface area (Å²) in [5.74, 6) is -1.33. The maximum atomic E-state index is 12.8. The summed E-state index contributed by atoms with van der Waals surface area (Å²) in [7, 11) is 0. The van der Waals surface area contributed by atoms with Gasteiger partial charge in [-0.1, -0.05) is 48.5 Å². The van der Waals surface area contributed by atoms with Crippen LogP contribution in [-0.4, -0.2) is 50.3 Å². The van der Waals surface area contributed by atoms with Gasteiger partial charge in [0.1, 0.15) is 23.7 Å². The molecule has 15 heteroatoms. The first-order valence-electron chi connectivity index (χ1n) is 18.5. The molecule has 0 saturated heterocycles. The molecule has 3 amide bonds. The number of nitrogens with zero attached hydrogens (tertiary/aromatic N) is 4. The Morgan fingerprint density at radius 2 is 1.17 bits per heavy atom. The van der Waals surface area contributed by atoms with E-state index < -0.39 is 29.4 Å². The van der Waals surface area contributed by atoms with Crippen molar-refractivity contribution < 1.29 is 42.6 Å². The average Bonchev–Trinajstić information content (AvgIpc) is 3.78. The highest BCUT2D eigenvalue weighted by atomic mass is 16.6. The van der Waals surface area contributed by atoms with E-state index in [4.69, 9.17) is 29.1 Å². The molecule has 2 aromatic heterocycles. The molecule has 0 bridgehead atoms. The second-order valence-electron chi connectivity index (χ2n) is 15.2. The number of anilines is 4. The quantitative estimate of drug-likeness (QED) is 0.0844. The standard InChI is InChI=1S/C25H28N4O4.C19H22N2O5/c1-17-16-32-23(27-17)29(24(31)33-25(2,3)4)15-19-9-7-8-18(14-19)12-13-22(30)28-21-11-6-5-10-20(21)26;1-13-12-25-17(20-13)21(18(24)26-19(2,3)4)11-15-7-5-6-14(10-15)8-9-16(22)23/h5-14,16H,15,26H2,1-4H3,(H,28,30);5-10,12H,11H2,1-4H3,(H,22,23)/b13-12+;9-8+. The summed E-state index contributed by atoms with van der Waals surface area (Å²) in [6, 6.07) is 21.9. The number of aryl methyl sites for hydroxylation is 2. The smallest absolute Gasteiger partial charge is 0.418 e. The van der Waals surface area contributed by atoms with Gasteiger partial charge in [0.15, 0.2) is 0 Å². The van der Waals surface area contributed by atoms with E-state index in [1.165, 1.54) is 34.5 Å². The van der Waals surface area contributed by atoms with Gasteiger partial charge in [-0.05, 0) is 114 Å². The van der Waals surface area contributed by atoms with Crippen molar-refractivity contribution in [3.05, 3.63) is 131 Å². The van der Waals surface area contributed by atoms with Crippen LogP contribution in [0.25, 0.3) is 12.2 Å². The molecule has 0 saturated carbocycles. The summed E-state index contributed by atoms with van der Waals surface area (Å²) < 4.78 is 21.8. The van der Waals surface area contributed by atoms with E-state index in [0.29, 0.717) is 28.3 Å². The Kier molecular flexibility index (Phi) is 15.0. The second-order valence-corrected chi connectivity index (χ2v) is 15.2. The van der Waals surface area contributed by atoms with Gasteiger partial charge in [-0.3, -0.25) is 4.79 Å². The molecule has 0 atom stereocenters. The molecule has 0 aliphatic rings. The van der Waals surface area contributed by atoms with Crippen LogP contribution in [-0.2, 0) is 32.2 Å². The lowest BCUT2D eigenvalue weighted by Gasteiger charge is -2.25. The highest BCUT2D eigenvalue weighted by Crippen LogP contribution is 2.23. The van der Waals surface area contributed by atoms with Gasteiger partial charge >= 0.3 is 30.2 Å². The van der Waals surface area contributed by atoms with E-state index in [-0.39, 0.29) is 31.0 Å². The highest BCUT2D eigenvalue weighted by Gasteiger charge is 2.28. The van der Waals surface area contributed by atoms with Crippen LogP contribution >= 0.6 is 0 Å². The maximum absolute atomic E-state index is 12.8. The molecule has 0 radical (unpaired) electrons. The number of hydrogen-bond donors (Lipinski definition) is 3. The number of nitrogens with two attached hydrogens (primary N) is 1. The lowest BCUT2D eigenvalue weighted by atomic mass is 10.1. The van der Waals surface area contributed by atoms with Crippen LogP contribution in [0.2, 0.25) is 0 Å². The minimum Gasteiger partial charge on any atom is -0.478 e. The van der Waals surface area contributed by atoms with E-state index in [0.717, 1.165) is 22.8 Å². The third-order valence-corrected chi connectivity index (χ3v) is 7.55. The Balaban J connectivity index is 0.000000268. The summed E-state index contributed by atoms with van der Waals surface area (Å²) in [6.07, 6.45) is 7.44. The number of aromatic nitrogens is 2. The molecular formula is C44H50N6O9. The second kappa shape index (κ2) is 19.8. The molecule has 2 heterocycles. The highest BCUT2D eigenvalue weighted by molar-refractivity contribution is 6.03. The number of carboxylic acids is 1. The Labute approximate surface area is 343 Å². The molecule has 5 aromatic rings. The first-order valence-corrected chi connectivity index (χ1v) is 18.5. The van der Waals surface area contributed by atoms with Crippen molar-refractivity contribution in [1.29, 1.82) is 0 Å². The topological polar surface area (TPSA) is 204 Å². The minimum absolute atomic E-state index is 0.142. The number of carboxylic acid groups (broad SMARTS) is 1. The number of nitrogens with one attached hydrogen (secondary N) is 1. The largest absolute Gasteiger partial charge is 0.478 e. The predicted molar refractivity (Wildman–Crippen MR) is 225 cm³/mol. The molecule has 15 nitrogen and oxygen atoms in total. The van der Waals surface area contributed by atoms with Crippen LogP contribution in [0.3, 0.4) is 0 Å². The number of para-hydroxylation sites is 2. The van der Waals surface area contributed by atoms with Crippen LogP contribution in [0.1, 0.15) is 75.2 Å². The molecule has 310 valence electrons. The van der Waals surface area contributed by atoms with E-state index in [9.17, 15) is 19.2 Å². The van der Waals surface area contributed by atoms with Gasteiger partial charge in [0.2, 0.25) is 5.91 Å². The molecule has 5 rings (SSSR count). The molecule has 0 aliphatic carbocycles. The van der Waals surface area contributed by atoms with Crippen molar-refractivity contribution in [2.24, 2.45) is 0 Å². The zero-order chi connectivity index (χ0) is 43.3. The van der Waals surface area contributed by atoms with Gasteiger partial charge in [-0.2, -0.15) is 9.97 Å². The number of carbonyl (C=O) groups is 4. The lowest BCUT2D eigenvalue weighted by Crippen LogP contribution is -2.36. The van der Waals surface area contributed by atoms with Crippen LogP contribution in [0.15, 0.2) is 106 Å². The van der Waals surface area contributed by atoms with Crippen molar-refractivity contribution in [3.63, 3.8) is 0 Å². The van der Waals surface area contributed by atoms with E-state index in [1.54, 1.807) is 104 Å². The normalized spacial score (nSPS) is 11.5. The lowest BCUT2D eigenvalue weighted by molar-refractivity contribution is -0.131. The molecule has 0 fully saturated rings. The maximum Gasteiger partial charge on any atom is 0.418 e. The zero-order valence-electron chi connectivity index (χ0n) is 34.4. The summed E-state index contributed by atoms with van der Waals surface area (Å²) >= 11 is 0. The van der Waals surface area contributed by atoms with E-state index in [1.807, 2.05) is 30.3 Å². The summed E-state index contributed by atoms with van der Waals surface area (Å²) in [4.78, 5) is 59.4. The Morgan fingerprint density at radius 3 is 1.58 bits per heavy atom. The molecule has 59 heavy (non-hydrogen) atoms. The number of rotatable bonds is 11. The number of amides is 3. The number of oxazole rings is 2. The Bertz CT molecular complexity index is 2300. The van der Waals surface area contributed by atoms with Crippen molar-refractivity contribution >= 4 is 59.6 Å². The summed E-state index contributed by atoms with van der Waals surface area (Å²) in [5, 5.41) is 11.5. The Hall–Kier alpha value is -7.16. The number of hydrogen-bond acceptors (Lipinski definition) is 11. The molecule has 3 aromatic carbocycles. The predicted octanol–water partition coefficient (Wildman–Crippen LogP) is 9.18. The van der Waals surface area contributed by atoms with Gasteiger partial charge in [-0.25, -0.2) is 24.2 Å². The number of benzene rings is 3. The first-order chi connectivity index (χ1) is 27.7. The van der Waals surface area contributed by atoms with Crippen molar-refractivity contribution in [2.75, 3.05) is 20.9 Å². The fraction of sp³-hybridized carbons (Fsp3) is 0.273. The molecular weight excluding hydrogens is 757 g/mol. The average molecular weight is 807 g/mol. The third kappa shape index (κ3) is 15.0. The third-order valence-electron chi connectivity index (χ3n) is 7.55. The SMILES string of the molecule is Cc1coc(N(Cc2cccc(/C=C/C(=O)Nc3ccccc3N)c2)C(=O)OC(C)(C)C)n1.Cc1coc(N(Cc2cccc(/C=C/C(=O)O)c2)C(=O)OC(C)(C)C)n1. The fourth-order valence-corrected chi connectivity index (χ4v) is 5.07. The molecule has 0 unspecified atom stereocenters. The van der Waals surface area contributed by atoms with Gasteiger partial charge in [0, 0.05) is 12.2 Å². The van der Waals surface area contributed by atoms with Gasteiger partial charge < -0.3 is 34.5 Å². The van der Waals surface area contributed by atoms with Crippen LogP contribution in [0, 0.1) is 13.8 Å². The molecule has 4 N–H and O–H groups in total. The van der Waals surface area contributed by atoms with Crippen molar-refractivity contribution in [2.45, 2.75) is 79.7 Å². The Morgan fingerprint density at radius 1 is 0.712 bits per heavy atom. The monoisotopic (exact) mass is 806 g/mol. The number of carbonyl (C=O) groups excluding carboxylic acids is 3. The number of nitrogen functional groups attached to an aromatic ring is 1. The summed E-state index contributed by atoms with van der Waals surface area (Å²) in [5.41, 5.74) is 9.95. The van der Waals surface area contributed by atoms with Crippen LogP contribution < -0.4 is 20.9 Å². The number of aliphatic carboxylic acids is 1. The van der Waals surface area contributed by atoms with Crippen molar-refractivity contribution in [1.82, 2.24) is 9.97 Å². The molecule has 0 aliphatic heterocycles. The summed E-state index contributed by atoms with van der Waals surface area (Å²) in [6.45, 7) is 14.6. The molecule has 0 spiro atoms. The van der Waals surface area contributed by atoms with Crippen LogP contribution in [0.4, 0.5) is 33.0 Å². The van der Waals surface area contributed by atoms with Gasteiger partial charge in [0.25, 0.3) is 0 Å². The van der Waals surface area contributed by atoms with E-state index in [2.05, 4.69) is 15.3 Å². The first kappa shape index (κ1) is 44.6. The van der Waals surface area contributed by atoms with Crippen LogP contribution in [0.5, 0.6) is 0 Å². The van der Waals surface area contributed by atoms with E-state index >= 15 is 0 Å².